The Bertz CT molecular complexity index is 431. The van der Waals surface area contributed by atoms with Crippen molar-refractivity contribution in [1.82, 2.24) is 4.90 Å². The quantitative estimate of drug-likeness (QED) is 0.931. The van der Waals surface area contributed by atoms with Gasteiger partial charge in [-0.15, -0.1) is 0 Å². The van der Waals surface area contributed by atoms with Crippen LogP contribution in [0.3, 0.4) is 0 Å². The van der Waals surface area contributed by atoms with Gasteiger partial charge in [-0.1, -0.05) is 29.3 Å². The highest BCUT2D eigenvalue weighted by Crippen LogP contribution is 2.26. The largest absolute Gasteiger partial charge is 0.387 e. The summed E-state index contributed by atoms with van der Waals surface area (Å²) in [5, 5.41) is 11.3. The van der Waals surface area contributed by atoms with Crippen LogP contribution in [-0.2, 0) is 4.74 Å². The minimum absolute atomic E-state index is 0.199. The lowest BCUT2D eigenvalue weighted by molar-refractivity contribution is -0.0767. The van der Waals surface area contributed by atoms with E-state index in [1.54, 1.807) is 12.1 Å². The molecule has 0 aliphatic carbocycles. The second-order valence-electron chi connectivity index (χ2n) is 5.17. The fourth-order valence-electron chi connectivity index (χ4n) is 2.50. The molecule has 3 nitrogen and oxygen atoms in total. The standard InChI is InChI=1S/C14H19Cl2NO2/c1-9-6-17(7-10(2)19-9)8-14(18)11-3-4-12(15)13(16)5-11/h3-5,9-10,14,18H,6-8H2,1-2H3. The van der Waals surface area contributed by atoms with Crippen LogP contribution in [0.1, 0.15) is 25.5 Å². The smallest absolute Gasteiger partial charge is 0.0917 e. The number of morpholine rings is 1. The molecular weight excluding hydrogens is 285 g/mol. The number of nitrogens with zero attached hydrogens (tertiary/aromatic N) is 1. The maximum Gasteiger partial charge on any atom is 0.0917 e. The van der Waals surface area contributed by atoms with Crippen LogP contribution in [0.25, 0.3) is 0 Å². The predicted octanol–water partition coefficient (Wildman–Crippen LogP) is 3.14. The molecular formula is C14H19Cl2NO2. The van der Waals surface area contributed by atoms with Crippen molar-refractivity contribution in [2.75, 3.05) is 19.6 Å². The number of β-amino-alcohol motifs (C(OH)–C–C–N with tert-alkyl or cyclic N) is 1. The average Bonchev–Trinajstić information content (AvgIpc) is 2.31. The number of hydrogen-bond donors (Lipinski definition) is 1. The van der Waals surface area contributed by atoms with Gasteiger partial charge in [0.05, 0.1) is 28.4 Å². The van der Waals surface area contributed by atoms with Crippen molar-refractivity contribution in [3.05, 3.63) is 33.8 Å². The number of ether oxygens (including phenoxy) is 1. The van der Waals surface area contributed by atoms with Crippen molar-refractivity contribution in [2.24, 2.45) is 0 Å². The topological polar surface area (TPSA) is 32.7 Å². The Morgan fingerprint density at radius 3 is 2.47 bits per heavy atom. The zero-order valence-corrected chi connectivity index (χ0v) is 12.7. The van der Waals surface area contributed by atoms with Crippen LogP contribution < -0.4 is 0 Å². The number of halogens is 2. The van der Waals surface area contributed by atoms with Crippen LogP contribution in [-0.4, -0.2) is 41.8 Å². The Hall–Kier alpha value is -0.320. The molecule has 0 aromatic heterocycles. The van der Waals surface area contributed by atoms with E-state index in [2.05, 4.69) is 4.90 Å². The van der Waals surface area contributed by atoms with E-state index in [1.165, 1.54) is 0 Å². The zero-order valence-electron chi connectivity index (χ0n) is 11.1. The molecule has 1 N–H and O–H groups in total. The molecule has 106 valence electrons. The molecule has 19 heavy (non-hydrogen) atoms. The summed E-state index contributed by atoms with van der Waals surface area (Å²) in [6.45, 7) is 6.35. The third-order valence-corrected chi connectivity index (χ3v) is 3.99. The van der Waals surface area contributed by atoms with Crippen molar-refractivity contribution in [3.8, 4) is 0 Å². The van der Waals surface area contributed by atoms with Crippen LogP contribution >= 0.6 is 23.2 Å². The second kappa shape index (κ2) is 6.42. The molecule has 1 aliphatic heterocycles. The summed E-state index contributed by atoms with van der Waals surface area (Å²) in [6, 6.07) is 5.25. The molecule has 0 saturated carbocycles. The van der Waals surface area contributed by atoms with Gasteiger partial charge in [-0.05, 0) is 31.5 Å². The first-order valence-corrected chi connectivity index (χ1v) is 7.22. The zero-order chi connectivity index (χ0) is 14.0. The highest BCUT2D eigenvalue weighted by atomic mass is 35.5. The molecule has 0 bridgehead atoms. The van der Waals surface area contributed by atoms with Gasteiger partial charge in [0.2, 0.25) is 0 Å². The van der Waals surface area contributed by atoms with E-state index in [0.717, 1.165) is 18.7 Å². The van der Waals surface area contributed by atoms with Gasteiger partial charge in [-0.25, -0.2) is 0 Å². The van der Waals surface area contributed by atoms with Gasteiger partial charge in [0.1, 0.15) is 0 Å². The molecule has 0 spiro atoms. The van der Waals surface area contributed by atoms with Crippen molar-refractivity contribution >= 4 is 23.2 Å². The molecule has 3 unspecified atom stereocenters. The molecule has 0 amide bonds. The first kappa shape index (κ1) is 15.1. The Morgan fingerprint density at radius 1 is 1.26 bits per heavy atom. The van der Waals surface area contributed by atoms with E-state index < -0.39 is 6.10 Å². The van der Waals surface area contributed by atoms with Gasteiger partial charge in [0.15, 0.2) is 0 Å². The number of benzene rings is 1. The van der Waals surface area contributed by atoms with E-state index in [0.29, 0.717) is 16.6 Å². The fourth-order valence-corrected chi connectivity index (χ4v) is 2.81. The molecule has 1 aliphatic rings. The number of rotatable bonds is 3. The molecule has 1 fully saturated rings. The predicted molar refractivity (Wildman–Crippen MR) is 77.9 cm³/mol. The summed E-state index contributed by atoms with van der Waals surface area (Å²) in [4.78, 5) is 2.21. The highest BCUT2D eigenvalue weighted by Gasteiger charge is 2.24. The van der Waals surface area contributed by atoms with Crippen LogP contribution in [0.15, 0.2) is 18.2 Å². The third-order valence-electron chi connectivity index (χ3n) is 3.25. The molecule has 0 radical (unpaired) electrons. The lowest BCUT2D eigenvalue weighted by Gasteiger charge is -2.36. The van der Waals surface area contributed by atoms with Gasteiger partial charge in [0.25, 0.3) is 0 Å². The lowest BCUT2D eigenvalue weighted by atomic mass is 10.1. The summed E-state index contributed by atoms with van der Waals surface area (Å²) in [7, 11) is 0. The summed E-state index contributed by atoms with van der Waals surface area (Å²) in [5.74, 6) is 0. The lowest BCUT2D eigenvalue weighted by Crippen LogP contribution is -2.46. The molecule has 1 aromatic carbocycles. The Morgan fingerprint density at radius 2 is 1.89 bits per heavy atom. The monoisotopic (exact) mass is 303 g/mol. The maximum atomic E-state index is 10.3. The summed E-state index contributed by atoms with van der Waals surface area (Å²) in [5.41, 5.74) is 0.793. The molecule has 1 heterocycles. The number of aliphatic hydroxyl groups excluding tert-OH is 1. The number of hydrogen-bond acceptors (Lipinski definition) is 3. The van der Waals surface area contributed by atoms with Gasteiger partial charge < -0.3 is 9.84 Å². The molecule has 2 rings (SSSR count). The van der Waals surface area contributed by atoms with Crippen LogP contribution in [0.5, 0.6) is 0 Å². The van der Waals surface area contributed by atoms with Crippen LogP contribution in [0, 0.1) is 0 Å². The van der Waals surface area contributed by atoms with Crippen molar-refractivity contribution < 1.29 is 9.84 Å². The minimum Gasteiger partial charge on any atom is -0.387 e. The summed E-state index contributed by atoms with van der Waals surface area (Å²) < 4.78 is 5.68. The average molecular weight is 304 g/mol. The summed E-state index contributed by atoms with van der Waals surface area (Å²) in [6.07, 6.45) is -0.165. The van der Waals surface area contributed by atoms with Crippen molar-refractivity contribution in [1.29, 1.82) is 0 Å². The number of aliphatic hydroxyl groups is 1. The van der Waals surface area contributed by atoms with E-state index in [-0.39, 0.29) is 12.2 Å². The van der Waals surface area contributed by atoms with E-state index in [9.17, 15) is 5.11 Å². The van der Waals surface area contributed by atoms with Gasteiger partial charge in [-0.3, -0.25) is 4.90 Å². The Kier molecular flexibility index (Phi) is 5.09. The highest BCUT2D eigenvalue weighted by molar-refractivity contribution is 6.42. The second-order valence-corrected chi connectivity index (χ2v) is 5.98. The van der Waals surface area contributed by atoms with E-state index in [1.807, 2.05) is 19.9 Å². The van der Waals surface area contributed by atoms with E-state index in [4.69, 9.17) is 27.9 Å². The van der Waals surface area contributed by atoms with Crippen LogP contribution in [0.2, 0.25) is 10.0 Å². The maximum absolute atomic E-state index is 10.3. The third kappa shape index (κ3) is 4.07. The summed E-state index contributed by atoms with van der Waals surface area (Å²) >= 11 is 11.8. The van der Waals surface area contributed by atoms with Gasteiger partial charge in [0, 0.05) is 19.6 Å². The molecule has 3 atom stereocenters. The Labute approximate surface area is 124 Å². The molecule has 5 heteroatoms. The van der Waals surface area contributed by atoms with Crippen molar-refractivity contribution in [2.45, 2.75) is 32.2 Å². The van der Waals surface area contributed by atoms with Gasteiger partial charge in [-0.2, -0.15) is 0 Å². The van der Waals surface area contributed by atoms with Crippen molar-refractivity contribution in [3.63, 3.8) is 0 Å². The van der Waals surface area contributed by atoms with E-state index >= 15 is 0 Å². The fraction of sp³-hybridized carbons (Fsp3) is 0.571. The van der Waals surface area contributed by atoms with Crippen LogP contribution in [0.4, 0.5) is 0 Å². The molecule has 1 saturated heterocycles. The Balaban J connectivity index is 2.00. The first-order chi connectivity index (χ1) is 8.95. The first-order valence-electron chi connectivity index (χ1n) is 6.46. The van der Waals surface area contributed by atoms with Gasteiger partial charge >= 0.3 is 0 Å². The normalized spacial score (nSPS) is 26.4. The molecule has 1 aromatic rings. The SMILES string of the molecule is CC1CN(CC(O)c2ccc(Cl)c(Cl)c2)CC(C)O1. The minimum atomic E-state index is -0.563.